The van der Waals surface area contributed by atoms with Crippen molar-refractivity contribution < 1.29 is 23.5 Å². The molecular formula is C21H18FN3O4. The standard InChI is InChI=1S/C21H18FN3O4/c22-15-8-4-5-13-11-21(16-12-29-10-9-24(16)17(13)15)18(26)23-20(28)25(19(21)27)14-6-2-1-3-7-14/h1-8,16H,9-12H2,(H,23,26,28). The first kappa shape index (κ1) is 17.8. The van der Waals surface area contributed by atoms with Gasteiger partial charge in [-0.05, 0) is 23.8 Å². The van der Waals surface area contributed by atoms with E-state index in [-0.39, 0.29) is 13.0 Å². The van der Waals surface area contributed by atoms with E-state index in [1.807, 2.05) is 0 Å². The molecule has 29 heavy (non-hydrogen) atoms. The minimum Gasteiger partial charge on any atom is -0.377 e. The molecule has 0 aliphatic carbocycles. The summed E-state index contributed by atoms with van der Waals surface area (Å²) in [4.78, 5) is 42.2. The molecule has 2 aromatic rings. The van der Waals surface area contributed by atoms with E-state index in [9.17, 15) is 18.8 Å². The third kappa shape index (κ3) is 2.42. The van der Waals surface area contributed by atoms with Gasteiger partial charge in [-0.1, -0.05) is 30.3 Å². The molecule has 2 aromatic carbocycles. The fraction of sp³-hybridized carbons (Fsp3) is 0.286. The lowest BCUT2D eigenvalue weighted by atomic mass is 9.68. The summed E-state index contributed by atoms with van der Waals surface area (Å²) in [7, 11) is 0. The van der Waals surface area contributed by atoms with Crippen molar-refractivity contribution in [1.82, 2.24) is 5.32 Å². The molecule has 4 amide bonds. The number of ether oxygens (including phenoxy) is 1. The molecule has 3 aliphatic heterocycles. The first-order valence-corrected chi connectivity index (χ1v) is 9.41. The first-order valence-electron chi connectivity index (χ1n) is 9.41. The Morgan fingerprint density at radius 1 is 1.07 bits per heavy atom. The number of anilines is 2. The third-order valence-corrected chi connectivity index (χ3v) is 5.95. The number of nitrogens with one attached hydrogen (secondary N) is 1. The zero-order chi connectivity index (χ0) is 20.2. The van der Waals surface area contributed by atoms with Gasteiger partial charge in [0.05, 0.1) is 30.6 Å². The Kier molecular flexibility index (Phi) is 3.92. The maximum Gasteiger partial charge on any atom is 0.335 e. The summed E-state index contributed by atoms with van der Waals surface area (Å²) in [6.45, 7) is 0.793. The average molecular weight is 395 g/mol. The minimum atomic E-state index is -1.59. The Morgan fingerprint density at radius 3 is 2.66 bits per heavy atom. The Bertz CT molecular complexity index is 1030. The number of rotatable bonds is 1. The number of nitrogens with zero attached hydrogens (tertiary/aromatic N) is 2. The maximum absolute atomic E-state index is 14.7. The Labute approximate surface area is 166 Å². The van der Waals surface area contributed by atoms with Crippen molar-refractivity contribution in [2.24, 2.45) is 5.41 Å². The number of para-hydroxylation sites is 2. The van der Waals surface area contributed by atoms with E-state index in [1.165, 1.54) is 6.07 Å². The number of morpholine rings is 1. The van der Waals surface area contributed by atoms with Gasteiger partial charge in [0, 0.05) is 13.0 Å². The summed E-state index contributed by atoms with van der Waals surface area (Å²) in [6.07, 6.45) is -0.00804. The number of halogens is 1. The van der Waals surface area contributed by atoms with Gasteiger partial charge in [0.2, 0.25) is 5.91 Å². The van der Waals surface area contributed by atoms with Gasteiger partial charge in [0.15, 0.2) is 5.41 Å². The predicted molar refractivity (Wildman–Crippen MR) is 102 cm³/mol. The lowest BCUT2D eigenvalue weighted by Crippen LogP contribution is -2.74. The molecule has 8 heteroatoms. The molecule has 2 saturated heterocycles. The number of hydrogen-bond acceptors (Lipinski definition) is 5. The van der Waals surface area contributed by atoms with Gasteiger partial charge >= 0.3 is 6.03 Å². The molecule has 1 spiro atoms. The fourth-order valence-corrected chi connectivity index (χ4v) is 4.64. The molecule has 7 nitrogen and oxygen atoms in total. The minimum absolute atomic E-state index is 0.00804. The summed E-state index contributed by atoms with van der Waals surface area (Å²) in [6, 6.07) is 11.6. The monoisotopic (exact) mass is 395 g/mol. The molecule has 148 valence electrons. The van der Waals surface area contributed by atoms with Crippen LogP contribution in [0.1, 0.15) is 5.56 Å². The number of barbiturate groups is 1. The van der Waals surface area contributed by atoms with Crippen molar-refractivity contribution in [3.05, 3.63) is 59.9 Å². The van der Waals surface area contributed by atoms with Crippen LogP contribution in [0, 0.1) is 11.2 Å². The molecule has 2 unspecified atom stereocenters. The van der Waals surface area contributed by atoms with Crippen LogP contribution >= 0.6 is 0 Å². The smallest absolute Gasteiger partial charge is 0.335 e. The van der Waals surface area contributed by atoms with Crippen LogP contribution in [0.3, 0.4) is 0 Å². The molecule has 1 N–H and O–H groups in total. The van der Waals surface area contributed by atoms with Crippen molar-refractivity contribution in [2.75, 3.05) is 29.6 Å². The zero-order valence-corrected chi connectivity index (χ0v) is 15.4. The van der Waals surface area contributed by atoms with Crippen LogP contribution in [0.4, 0.5) is 20.6 Å². The van der Waals surface area contributed by atoms with E-state index in [2.05, 4.69) is 5.32 Å². The van der Waals surface area contributed by atoms with Crippen LogP contribution in [0.15, 0.2) is 48.5 Å². The quantitative estimate of drug-likeness (QED) is 0.746. The molecule has 0 aromatic heterocycles. The Hall–Kier alpha value is -3.26. The van der Waals surface area contributed by atoms with Crippen LogP contribution < -0.4 is 15.1 Å². The summed E-state index contributed by atoms with van der Waals surface area (Å²) < 4.78 is 20.2. The predicted octanol–water partition coefficient (Wildman–Crippen LogP) is 1.86. The molecule has 3 aliphatic rings. The molecule has 0 radical (unpaired) electrons. The molecule has 5 rings (SSSR count). The highest BCUT2D eigenvalue weighted by molar-refractivity contribution is 6.30. The van der Waals surface area contributed by atoms with E-state index in [0.29, 0.717) is 30.1 Å². The molecule has 2 atom stereocenters. The number of amides is 4. The van der Waals surface area contributed by atoms with Crippen molar-refractivity contribution in [3.63, 3.8) is 0 Å². The van der Waals surface area contributed by atoms with Crippen LogP contribution in [0.5, 0.6) is 0 Å². The van der Waals surface area contributed by atoms with Gasteiger partial charge in [-0.2, -0.15) is 0 Å². The number of benzene rings is 2. The average Bonchev–Trinajstić information content (AvgIpc) is 2.73. The number of hydrogen-bond donors (Lipinski definition) is 1. The molecule has 3 heterocycles. The van der Waals surface area contributed by atoms with Gasteiger partial charge in [-0.25, -0.2) is 14.1 Å². The molecule has 2 fully saturated rings. The van der Waals surface area contributed by atoms with Crippen molar-refractivity contribution >= 4 is 29.2 Å². The largest absolute Gasteiger partial charge is 0.377 e. The zero-order valence-electron chi connectivity index (χ0n) is 15.4. The summed E-state index contributed by atoms with van der Waals surface area (Å²) in [5, 5.41) is 2.35. The second-order valence-electron chi connectivity index (χ2n) is 7.42. The van der Waals surface area contributed by atoms with Gasteiger partial charge in [-0.3, -0.25) is 14.9 Å². The lowest BCUT2D eigenvalue weighted by Gasteiger charge is -2.53. The second-order valence-corrected chi connectivity index (χ2v) is 7.42. The van der Waals surface area contributed by atoms with E-state index in [1.54, 1.807) is 47.4 Å². The highest BCUT2D eigenvalue weighted by Gasteiger charge is 2.63. The van der Waals surface area contributed by atoms with Crippen molar-refractivity contribution in [1.29, 1.82) is 0 Å². The number of imide groups is 2. The first-order chi connectivity index (χ1) is 14.0. The van der Waals surface area contributed by atoms with E-state index in [0.717, 1.165) is 4.90 Å². The molecule has 0 saturated carbocycles. The fourth-order valence-electron chi connectivity index (χ4n) is 4.64. The van der Waals surface area contributed by atoms with E-state index in [4.69, 9.17) is 4.74 Å². The summed E-state index contributed by atoms with van der Waals surface area (Å²) in [5.74, 6) is -1.69. The van der Waals surface area contributed by atoms with Gasteiger partial charge in [0.1, 0.15) is 5.82 Å². The van der Waals surface area contributed by atoms with Crippen LogP contribution in [-0.2, 0) is 20.7 Å². The number of urea groups is 1. The summed E-state index contributed by atoms with van der Waals surface area (Å²) >= 11 is 0. The number of carbonyl (C=O) groups excluding carboxylic acids is 3. The van der Waals surface area contributed by atoms with E-state index < -0.39 is 35.1 Å². The van der Waals surface area contributed by atoms with Crippen molar-refractivity contribution in [2.45, 2.75) is 12.5 Å². The number of fused-ring (bicyclic) bond motifs is 4. The van der Waals surface area contributed by atoms with Gasteiger partial charge in [0.25, 0.3) is 5.91 Å². The lowest BCUT2D eigenvalue weighted by molar-refractivity contribution is -0.147. The Morgan fingerprint density at radius 2 is 1.86 bits per heavy atom. The van der Waals surface area contributed by atoms with E-state index >= 15 is 0 Å². The van der Waals surface area contributed by atoms with Crippen LogP contribution in [-0.4, -0.2) is 43.6 Å². The highest BCUT2D eigenvalue weighted by atomic mass is 19.1. The van der Waals surface area contributed by atoms with Crippen LogP contribution in [0.2, 0.25) is 0 Å². The molecule has 0 bridgehead atoms. The number of carbonyl (C=O) groups is 3. The van der Waals surface area contributed by atoms with Crippen molar-refractivity contribution in [3.8, 4) is 0 Å². The van der Waals surface area contributed by atoms with Gasteiger partial charge < -0.3 is 9.64 Å². The normalized spacial score (nSPS) is 26.2. The summed E-state index contributed by atoms with van der Waals surface area (Å²) in [5.41, 5.74) is -0.260. The highest BCUT2D eigenvalue weighted by Crippen LogP contribution is 2.46. The second kappa shape index (κ2) is 6.38. The SMILES string of the molecule is O=C1NC(=O)C2(Cc3cccc(F)c3N3CCOCC32)C(=O)N1c1ccccc1. The topological polar surface area (TPSA) is 79.0 Å². The molecular weight excluding hydrogens is 377 g/mol. The Balaban J connectivity index is 1.69. The van der Waals surface area contributed by atoms with Gasteiger partial charge in [-0.15, -0.1) is 0 Å². The third-order valence-electron chi connectivity index (χ3n) is 5.95. The maximum atomic E-state index is 14.7. The van der Waals surface area contributed by atoms with Crippen LogP contribution in [0.25, 0.3) is 0 Å².